The minimum atomic E-state index is -3.93. The van der Waals surface area contributed by atoms with Gasteiger partial charge in [0.25, 0.3) is 5.95 Å². The van der Waals surface area contributed by atoms with Crippen LogP contribution in [0.1, 0.15) is 18.9 Å². The first-order chi connectivity index (χ1) is 20.2. The molecule has 1 fully saturated rings. The summed E-state index contributed by atoms with van der Waals surface area (Å²) in [6.45, 7) is 4.03. The van der Waals surface area contributed by atoms with Crippen molar-refractivity contribution < 1.29 is 22.3 Å². The van der Waals surface area contributed by atoms with Crippen LogP contribution in [0.3, 0.4) is 0 Å². The molecule has 2 N–H and O–H groups in total. The third-order valence-corrected chi connectivity index (χ3v) is 8.26. The summed E-state index contributed by atoms with van der Waals surface area (Å²) in [5.41, 5.74) is 2.02. The number of benzene rings is 1. The maximum atomic E-state index is 15.1. The Kier molecular flexibility index (Phi) is 8.90. The molecule has 4 aromatic rings. The summed E-state index contributed by atoms with van der Waals surface area (Å²) < 4.78 is 55.4. The van der Waals surface area contributed by atoms with Crippen LogP contribution in [0.15, 0.2) is 65.8 Å². The highest BCUT2D eigenvalue weighted by Crippen LogP contribution is 2.28. The van der Waals surface area contributed by atoms with E-state index in [0.717, 1.165) is 17.9 Å². The van der Waals surface area contributed by atoms with E-state index in [1.807, 2.05) is 38.2 Å². The summed E-state index contributed by atoms with van der Waals surface area (Å²) in [7, 11) is -0.404. The first kappa shape index (κ1) is 29.3. The molecule has 220 valence electrons. The SMILES string of the molecule is CCOc1ccc(-c2cc(S(=O)(=O)N[C@@H]3CCN(C)C3)cc(-c3cnc(NCc4ccc(OC)cc4)c(F)n3)n2)cn1. The fraction of sp³-hybridized carbons (Fsp3) is 0.310. The molecular formula is C29H32FN7O4S. The standard InChI is InChI=1S/C29H32FN7O4S/c1-4-41-27-10-7-20(16-31-27)24-13-23(42(38,39)36-21-11-12-37(2)18-21)14-25(34-24)26-17-33-29(28(30)35-26)32-15-19-5-8-22(40-3)9-6-19/h5-10,13-14,16-17,21,36H,4,11-12,15,18H2,1-3H3,(H,32,33)/t21-/m1/s1. The molecule has 42 heavy (non-hydrogen) atoms. The van der Waals surface area contributed by atoms with E-state index in [0.29, 0.717) is 43.3 Å². The molecule has 1 saturated heterocycles. The second-order valence-corrected chi connectivity index (χ2v) is 11.6. The largest absolute Gasteiger partial charge is 0.497 e. The maximum Gasteiger partial charge on any atom is 0.256 e. The summed E-state index contributed by atoms with van der Waals surface area (Å²) in [6.07, 6.45) is 3.61. The molecule has 5 rings (SSSR count). The van der Waals surface area contributed by atoms with Gasteiger partial charge in [0.1, 0.15) is 11.4 Å². The predicted octanol–water partition coefficient (Wildman–Crippen LogP) is 3.74. The lowest BCUT2D eigenvalue weighted by molar-refractivity contribution is 0.327. The lowest BCUT2D eigenvalue weighted by Gasteiger charge is -2.15. The number of ether oxygens (including phenoxy) is 2. The number of rotatable bonds is 11. The van der Waals surface area contributed by atoms with Crippen molar-refractivity contribution in [1.82, 2.24) is 29.6 Å². The van der Waals surface area contributed by atoms with Crippen molar-refractivity contribution in [2.24, 2.45) is 0 Å². The van der Waals surface area contributed by atoms with E-state index in [1.165, 1.54) is 18.3 Å². The number of likely N-dealkylation sites (N-methyl/N-ethyl adjacent to an activating group) is 1. The molecule has 0 aliphatic carbocycles. The van der Waals surface area contributed by atoms with E-state index in [9.17, 15) is 8.42 Å². The third kappa shape index (κ3) is 6.98. The molecule has 0 bridgehead atoms. The Balaban J connectivity index is 1.45. The second kappa shape index (κ2) is 12.8. The molecule has 0 unspecified atom stereocenters. The van der Waals surface area contributed by atoms with Crippen LogP contribution in [-0.2, 0) is 16.6 Å². The number of anilines is 1. The highest BCUT2D eigenvalue weighted by molar-refractivity contribution is 7.89. The van der Waals surface area contributed by atoms with Crippen LogP contribution in [0.5, 0.6) is 11.6 Å². The molecule has 4 heterocycles. The normalized spacial score (nSPS) is 15.5. The topological polar surface area (TPSA) is 131 Å². The Morgan fingerprint density at radius 1 is 1.02 bits per heavy atom. The quantitative estimate of drug-likeness (QED) is 0.265. The number of likely N-dealkylation sites (tertiary alicyclic amines) is 1. The zero-order valence-electron chi connectivity index (χ0n) is 23.5. The Morgan fingerprint density at radius 2 is 1.81 bits per heavy atom. The summed E-state index contributed by atoms with van der Waals surface area (Å²) in [4.78, 5) is 19.2. The molecule has 0 saturated carbocycles. The molecule has 1 atom stereocenters. The molecule has 1 aliphatic heterocycles. The highest BCUT2D eigenvalue weighted by atomic mass is 32.2. The van der Waals surface area contributed by atoms with Gasteiger partial charge in [-0.2, -0.15) is 4.39 Å². The lowest BCUT2D eigenvalue weighted by Crippen LogP contribution is -2.36. The van der Waals surface area contributed by atoms with Gasteiger partial charge in [-0.1, -0.05) is 12.1 Å². The van der Waals surface area contributed by atoms with Crippen LogP contribution in [0.25, 0.3) is 22.6 Å². The van der Waals surface area contributed by atoms with Crippen LogP contribution < -0.4 is 19.5 Å². The van der Waals surface area contributed by atoms with Gasteiger partial charge in [0.05, 0.1) is 36.2 Å². The van der Waals surface area contributed by atoms with E-state index < -0.39 is 16.0 Å². The van der Waals surface area contributed by atoms with Gasteiger partial charge in [0.15, 0.2) is 5.82 Å². The second-order valence-electron chi connectivity index (χ2n) is 9.86. The molecule has 0 spiro atoms. The fourth-order valence-electron chi connectivity index (χ4n) is 4.56. The summed E-state index contributed by atoms with van der Waals surface area (Å²) in [6, 6.07) is 13.4. The number of hydrogen-bond acceptors (Lipinski definition) is 10. The van der Waals surface area contributed by atoms with Crippen LogP contribution in [0.4, 0.5) is 10.2 Å². The number of nitrogens with zero attached hydrogens (tertiary/aromatic N) is 5. The number of nitrogens with one attached hydrogen (secondary N) is 2. The van der Waals surface area contributed by atoms with Crippen LogP contribution in [-0.4, -0.2) is 73.1 Å². The minimum Gasteiger partial charge on any atom is -0.497 e. The molecule has 3 aromatic heterocycles. The summed E-state index contributed by atoms with van der Waals surface area (Å²) in [5, 5.41) is 2.94. The highest BCUT2D eigenvalue weighted by Gasteiger charge is 2.27. The first-order valence-electron chi connectivity index (χ1n) is 13.5. The van der Waals surface area contributed by atoms with Gasteiger partial charge < -0.3 is 19.7 Å². The number of pyridine rings is 2. The predicted molar refractivity (Wildman–Crippen MR) is 156 cm³/mol. The number of hydrogen-bond donors (Lipinski definition) is 2. The van der Waals surface area contributed by atoms with Gasteiger partial charge >= 0.3 is 0 Å². The van der Waals surface area contributed by atoms with Crippen LogP contribution >= 0.6 is 0 Å². The van der Waals surface area contributed by atoms with E-state index >= 15 is 4.39 Å². The summed E-state index contributed by atoms with van der Waals surface area (Å²) in [5.74, 6) is 0.272. The maximum absolute atomic E-state index is 15.1. The molecule has 0 radical (unpaired) electrons. The smallest absolute Gasteiger partial charge is 0.256 e. The van der Waals surface area contributed by atoms with Crippen molar-refractivity contribution in [3.63, 3.8) is 0 Å². The van der Waals surface area contributed by atoms with Gasteiger partial charge in [-0.15, -0.1) is 0 Å². The number of aromatic nitrogens is 4. The van der Waals surface area contributed by atoms with Crippen LogP contribution in [0.2, 0.25) is 0 Å². The number of sulfonamides is 1. The van der Waals surface area contributed by atoms with Gasteiger partial charge in [-0.25, -0.2) is 33.1 Å². The zero-order chi connectivity index (χ0) is 29.7. The number of halogens is 1. The van der Waals surface area contributed by atoms with E-state index in [2.05, 4.69) is 34.9 Å². The third-order valence-electron chi connectivity index (χ3n) is 6.76. The van der Waals surface area contributed by atoms with Crippen molar-refractivity contribution in [3.8, 4) is 34.3 Å². The van der Waals surface area contributed by atoms with Crippen LogP contribution in [0, 0.1) is 5.95 Å². The fourth-order valence-corrected chi connectivity index (χ4v) is 5.86. The lowest BCUT2D eigenvalue weighted by atomic mass is 10.1. The Morgan fingerprint density at radius 3 is 2.45 bits per heavy atom. The molecule has 1 aromatic carbocycles. The molecular weight excluding hydrogens is 561 g/mol. The van der Waals surface area contributed by atoms with Crippen molar-refractivity contribution in [3.05, 3.63) is 72.4 Å². The molecule has 1 aliphatic rings. The Bertz CT molecular complexity index is 1640. The molecule has 13 heteroatoms. The average molecular weight is 594 g/mol. The summed E-state index contributed by atoms with van der Waals surface area (Å²) >= 11 is 0. The minimum absolute atomic E-state index is 0.0187. The van der Waals surface area contributed by atoms with E-state index in [1.54, 1.807) is 25.4 Å². The number of methoxy groups -OCH3 is 1. The van der Waals surface area contributed by atoms with Crippen molar-refractivity contribution in [1.29, 1.82) is 0 Å². The molecule has 11 nitrogen and oxygen atoms in total. The van der Waals surface area contributed by atoms with Crippen molar-refractivity contribution in [2.45, 2.75) is 30.8 Å². The van der Waals surface area contributed by atoms with Gasteiger partial charge in [0.2, 0.25) is 15.9 Å². The van der Waals surface area contributed by atoms with Gasteiger partial charge in [0, 0.05) is 37.0 Å². The Hall–Kier alpha value is -4.20. The van der Waals surface area contributed by atoms with Crippen molar-refractivity contribution >= 4 is 15.8 Å². The van der Waals surface area contributed by atoms with E-state index in [4.69, 9.17) is 9.47 Å². The monoisotopic (exact) mass is 593 g/mol. The van der Waals surface area contributed by atoms with Crippen molar-refractivity contribution in [2.75, 3.05) is 39.2 Å². The zero-order valence-corrected chi connectivity index (χ0v) is 24.4. The average Bonchev–Trinajstić information content (AvgIpc) is 3.40. The van der Waals surface area contributed by atoms with E-state index in [-0.39, 0.29) is 28.1 Å². The first-order valence-corrected chi connectivity index (χ1v) is 14.9. The van der Waals surface area contributed by atoms with Gasteiger partial charge in [-0.3, -0.25) is 0 Å². The Labute approximate surface area is 244 Å². The molecule has 0 amide bonds. The van der Waals surface area contributed by atoms with Gasteiger partial charge in [-0.05, 0) is 62.8 Å².